The van der Waals surface area contributed by atoms with Crippen molar-refractivity contribution in [3.63, 3.8) is 0 Å². The molecule has 0 amide bonds. The van der Waals surface area contributed by atoms with Gasteiger partial charge in [0.05, 0.1) is 6.33 Å². The van der Waals surface area contributed by atoms with Crippen LogP contribution < -0.4 is 3.82 Å². The van der Waals surface area contributed by atoms with Crippen molar-refractivity contribution in [3.05, 3.63) is 120 Å². The van der Waals surface area contributed by atoms with Gasteiger partial charge in [-0.25, -0.2) is 0 Å². The van der Waals surface area contributed by atoms with Gasteiger partial charge in [-0.05, 0) is 22.9 Å². The SMILES string of the molecule is [Br][Mg][c]1cn(C(c2ccccc2)(c2ccccc2)c2ccccc2)cn1. The van der Waals surface area contributed by atoms with Crippen LogP contribution >= 0.6 is 12.9 Å². The van der Waals surface area contributed by atoms with Crippen LogP contribution in [0.5, 0.6) is 0 Å². The van der Waals surface area contributed by atoms with Crippen molar-refractivity contribution >= 4 is 34.9 Å². The van der Waals surface area contributed by atoms with E-state index in [4.69, 9.17) is 0 Å². The summed E-state index contributed by atoms with van der Waals surface area (Å²) < 4.78 is 3.41. The fourth-order valence-electron chi connectivity index (χ4n) is 3.60. The van der Waals surface area contributed by atoms with Crippen LogP contribution in [0.1, 0.15) is 16.7 Å². The van der Waals surface area contributed by atoms with E-state index in [1.807, 2.05) is 6.33 Å². The van der Waals surface area contributed by atoms with E-state index in [2.05, 4.69) is 120 Å². The number of nitrogens with zero attached hydrogens (tertiary/aromatic N) is 2. The van der Waals surface area contributed by atoms with Crippen molar-refractivity contribution in [1.82, 2.24) is 9.55 Å². The highest BCUT2D eigenvalue weighted by Gasteiger charge is 2.38. The highest BCUT2D eigenvalue weighted by Crippen LogP contribution is 2.40. The smallest absolute Gasteiger partial charge is 0.321 e. The molecule has 0 aliphatic rings. The lowest BCUT2D eigenvalue weighted by Gasteiger charge is -2.37. The van der Waals surface area contributed by atoms with Crippen molar-refractivity contribution in [2.75, 3.05) is 0 Å². The summed E-state index contributed by atoms with van der Waals surface area (Å²) in [5, 5.41) is 0. The van der Waals surface area contributed by atoms with E-state index in [0.29, 0.717) is 0 Å². The molecule has 4 rings (SSSR count). The van der Waals surface area contributed by atoms with Crippen LogP contribution in [0.25, 0.3) is 0 Å². The Hall–Kier alpha value is -1.88. The lowest BCUT2D eigenvalue weighted by Crippen LogP contribution is -2.37. The number of halogens is 1. The van der Waals surface area contributed by atoms with Crippen LogP contribution in [-0.2, 0) is 5.54 Å². The maximum atomic E-state index is 4.65. The monoisotopic (exact) mass is 412 g/mol. The summed E-state index contributed by atoms with van der Waals surface area (Å²) >= 11 is 3.16. The standard InChI is InChI=1S/C22H17N2.BrH.Mg/c1-4-10-19(11-5-1)22(24-17-16-23-18-24,20-12-6-2-7-13-20)21-14-8-3-9-15-21;;/h1-15,17-18H;1H;/q;;+1/p-1. The van der Waals surface area contributed by atoms with Gasteiger partial charge >= 0.3 is 18.2 Å². The first-order valence-corrected chi connectivity index (χ1v) is 13.2. The lowest BCUT2D eigenvalue weighted by atomic mass is 9.77. The summed E-state index contributed by atoms with van der Waals surface area (Å²) in [6.07, 6.45) is 4.16. The summed E-state index contributed by atoms with van der Waals surface area (Å²) in [6.45, 7) is 0. The van der Waals surface area contributed by atoms with Crippen molar-refractivity contribution in [2.24, 2.45) is 0 Å². The average Bonchev–Trinajstić information content (AvgIpc) is 3.21. The average molecular weight is 414 g/mol. The van der Waals surface area contributed by atoms with Gasteiger partial charge in [0.25, 0.3) is 0 Å². The highest BCUT2D eigenvalue weighted by atomic mass is 79.9. The summed E-state index contributed by atoms with van der Waals surface area (Å²) in [6, 6.07) is 32.0. The van der Waals surface area contributed by atoms with Gasteiger partial charge in [0, 0.05) is 0 Å². The maximum Gasteiger partial charge on any atom is 0.538 e. The number of benzene rings is 3. The van der Waals surface area contributed by atoms with Crippen molar-refractivity contribution < 1.29 is 0 Å². The molecule has 2 nitrogen and oxygen atoms in total. The van der Waals surface area contributed by atoms with Crippen molar-refractivity contribution in [3.8, 4) is 0 Å². The van der Waals surface area contributed by atoms with E-state index in [-0.39, 0.29) is 0 Å². The zero-order valence-electron chi connectivity index (χ0n) is 14.3. The summed E-state index contributed by atoms with van der Waals surface area (Å²) in [5.41, 5.74) is 3.21. The van der Waals surface area contributed by atoms with Crippen molar-refractivity contribution in [2.45, 2.75) is 5.54 Å². The largest absolute Gasteiger partial charge is 0.538 e. The van der Waals surface area contributed by atoms with E-state index in [1.165, 1.54) is 16.7 Å². The minimum atomic E-state index is -0.505. The molecule has 0 N–H and O–H groups in total. The molecule has 124 valence electrons. The van der Waals surface area contributed by atoms with Gasteiger partial charge < -0.3 is 4.57 Å². The Balaban J connectivity index is 2.10. The fourth-order valence-corrected chi connectivity index (χ4v) is 4.89. The molecule has 0 bridgehead atoms. The summed E-state index contributed by atoms with van der Waals surface area (Å²) in [5.74, 6) is 0. The number of aromatic nitrogens is 2. The topological polar surface area (TPSA) is 17.8 Å². The first-order chi connectivity index (χ1) is 12.9. The molecule has 0 radical (unpaired) electrons. The molecule has 0 unspecified atom stereocenters. The normalized spacial score (nSPS) is 11.1. The highest BCUT2D eigenvalue weighted by molar-refractivity contribution is 9.23. The molecule has 0 aliphatic carbocycles. The van der Waals surface area contributed by atoms with E-state index in [0.717, 1.165) is 3.82 Å². The Kier molecular flexibility index (Phi) is 5.25. The Morgan fingerprint density at radius 3 is 1.46 bits per heavy atom. The maximum absolute atomic E-state index is 4.65. The molecule has 4 heteroatoms. The Morgan fingerprint density at radius 2 is 1.12 bits per heavy atom. The van der Waals surface area contributed by atoms with Gasteiger partial charge in [0.1, 0.15) is 5.54 Å². The number of hydrogen-bond donors (Lipinski definition) is 0. The fraction of sp³-hybridized carbons (Fsp3) is 0.0455. The van der Waals surface area contributed by atoms with E-state index in [9.17, 15) is 0 Å². The number of hydrogen-bond acceptors (Lipinski definition) is 1. The van der Waals surface area contributed by atoms with Crippen LogP contribution in [0.2, 0.25) is 0 Å². The van der Waals surface area contributed by atoms with Gasteiger partial charge in [0.15, 0.2) is 0 Å². The van der Waals surface area contributed by atoms with Crippen LogP contribution in [0.4, 0.5) is 0 Å². The molecular formula is C22H17BrMgN2. The summed E-state index contributed by atoms with van der Waals surface area (Å²) in [4.78, 5) is 4.65. The third-order valence-corrected chi connectivity index (χ3v) is 7.10. The molecule has 3 aromatic carbocycles. The molecule has 0 spiro atoms. The van der Waals surface area contributed by atoms with E-state index < -0.39 is 23.7 Å². The minimum Gasteiger partial charge on any atom is -0.321 e. The quantitative estimate of drug-likeness (QED) is 0.351. The molecular weight excluding hydrogens is 396 g/mol. The number of rotatable bonds is 5. The Bertz CT molecular complexity index is 872. The first kappa shape index (κ1) is 17.5. The van der Waals surface area contributed by atoms with Gasteiger partial charge in [0.2, 0.25) is 0 Å². The molecule has 0 atom stereocenters. The van der Waals surface area contributed by atoms with Gasteiger partial charge in [-0.2, -0.15) is 0 Å². The van der Waals surface area contributed by atoms with E-state index >= 15 is 0 Å². The molecule has 0 fully saturated rings. The predicted octanol–water partition coefficient (Wildman–Crippen LogP) is 4.36. The van der Waals surface area contributed by atoms with Crippen LogP contribution in [0, 0.1) is 0 Å². The lowest BCUT2D eigenvalue weighted by molar-refractivity contribution is 0.515. The predicted molar refractivity (Wildman–Crippen MR) is 111 cm³/mol. The van der Waals surface area contributed by atoms with Gasteiger partial charge in [-0.3, -0.25) is 17.9 Å². The zero-order chi connectivity index (χ0) is 17.8. The van der Waals surface area contributed by atoms with Crippen molar-refractivity contribution in [1.29, 1.82) is 0 Å². The van der Waals surface area contributed by atoms with E-state index in [1.54, 1.807) is 0 Å². The Morgan fingerprint density at radius 1 is 0.692 bits per heavy atom. The molecule has 0 saturated heterocycles. The first-order valence-electron chi connectivity index (χ1n) is 8.61. The third-order valence-electron chi connectivity index (χ3n) is 4.73. The molecule has 26 heavy (non-hydrogen) atoms. The second-order valence-corrected chi connectivity index (χ2v) is 8.89. The summed E-state index contributed by atoms with van der Waals surface area (Å²) in [7, 11) is 0. The molecule has 4 aromatic rings. The second-order valence-electron chi connectivity index (χ2n) is 6.21. The second kappa shape index (κ2) is 7.78. The third kappa shape index (κ3) is 3.02. The molecule has 0 aliphatic heterocycles. The van der Waals surface area contributed by atoms with Crippen LogP contribution in [0.15, 0.2) is 104 Å². The van der Waals surface area contributed by atoms with Crippen LogP contribution in [0.3, 0.4) is 0 Å². The molecule has 1 aromatic heterocycles. The molecule has 0 saturated carbocycles. The minimum absolute atomic E-state index is 0.453. The Labute approximate surface area is 169 Å². The van der Waals surface area contributed by atoms with Crippen LogP contribution in [-0.4, -0.2) is 27.7 Å². The number of imidazole rings is 1. The van der Waals surface area contributed by atoms with Gasteiger partial charge in [-0.15, -0.1) is 0 Å². The zero-order valence-corrected chi connectivity index (χ0v) is 17.3. The van der Waals surface area contributed by atoms with Gasteiger partial charge in [-0.1, -0.05) is 94.8 Å². The molecule has 1 heterocycles.